The Morgan fingerprint density at radius 2 is 1.68 bits per heavy atom. The van der Waals surface area contributed by atoms with Gasteiger partial charge in [0.1, 0.15) is 0 Å². The van der Waals surface area contributed by atoms with E-state index in [1.54, 1.807) is 4.90 Å². The first-order valence-electron chi connectivity index (χ1n) is 7.31. The fourth-order valence-electron chi connectivity index (χ4n) is 3.14. The van der Waals surface area contributed by atoms with Crippen molar-refractivity contribution in [3.63, 3.8) is 0 Å². The summed E-state index contributed by atoms with van der Waals surface area (Å²) < 4.78 is 0. The number of aliphatic hydroxyl groups excluding tert-OH is 1. The van der Waals surface area contributed by atoms with E-state index in [0.29, 0.717) is 19.0 Å². The van der Waals surface area contributed by atoms with Crippen molar-refractivity contribution in [2.75, 3.05) is 13.1 Å². The average Bonchev–Trinajstić information content (AvgIpc) is 2.44. The molecule has 1 heterocycles. The maximum Gasteiger partial charge on any atom is 0.254 e. The Bertz CT molecular complexity index is 442. The maximum atomic E-state index is 12.1. The molecule has 3 nitrogen and oxygen atoms in total. The van der Waals surface area contributed by atoms with Crippen LogP contribution in [0.4, 0.5) is 0 Å². The predicted octanol–water partition coefficient (Wildman–Crippen LogP) is 2.55. The predicted molar refractivity (Wildman–Crippen MR) is 74.2 cm³/mol. The van der Waals surface area contributed by atoms with Gasteiger partial charge in [-0.25, -0.2) is 0 Å². The lowest BCUT2D eigenvalue weighted by Gasteiger charge is -2.35. The maximum absolute atomic E-state index is 12.1. The lowest BCUT2D eigenvalue weighted by Crippen LogP contribution is -2.53. The molecule has 0 atom stereocenters. The Morgan fingerprint density at radius 1 is 1.05 bits per heavy atom. The molecule has 0 aromatic heterocycles. The fourth-order valence-corrected chi connectivity index (χ4v) is 3.14. The lowest BCUT2D eigenvalue weighted by atomic mass is 9.84. The molecule has 102 valence electrons. The van der Waals surface area contributed by atoms with Crippen molar-refractivity contribution < 1.29 is 9.90 Å². The summed E-state index contributed by atoms with van der Waals surface area (Å²) in [6.07, 6.45) is 6.26. The molecule has 1 amide bonds. The first-order valence-corrected chi connectivity index (χ1v) is 7.31. The smallest absolute Gasteiger partial charge is 0.254 e. The minimum absolute atomic E-state index is 0.0421. The number of rotatable bonds is 2. The minimum atomic E-state index is -0.328. The van der Waals surface area contributed by atoms with Gasteiger partial charge in [-0.2, -0.15) is 0 Å². The molecule has 19 heavy (non-hydrogen) atoms. The van der Waals surface area contributed by atoms with E-state index in [-0.39, 0.29) is 12.0 Å². The van der Waals surface area contributed by atoms with Crippen LogP contribution in [0.3, 0.4) is 0 Å². The molecule has 1 aliphatic heterocycles. The molecule has 1 aromatic rings. The molecule has 3 heteroatoms. The molecule has 1 aromatic carbocycles. The molecule has 0 radical (unpaired) electrons. The van der Waals surface area contributed by atoms with Crippen LogP contribution in [0.25, 0.3) is 0 Å². The SMILES string of the molecule is O=C(c1ccc(C2CCCCC2)cc1)N1CC(O)C1. The molecule has 2 fully saturated rings. The summed E-state index contributed by atoms with van der Waals surface area (Å²) in [7, 11) is 0. The van der Waals surface area contributed by atoms with Crippen molar-refractivity contribution in [2.45, 2.75) is 44.1 Å². The van der Waals surface area contributed by atoms with Crippen LogP contribution in [0.5, 0.6) is 0 Å². The number of carbonyl (C=O) groups is 1. The largest absolute Gasteiger partial charge is 0.389 e. The number of amides is 1. The van der Waals surface area contributed by atoms with E-state index < -0.39 is 0 Å². The number of hydrogen-bond donors (Lipinski definition) is 1. The normalized spacial score (nSPS) is 21.2. The van der Waals surface area contributed by atoms with Gasteiger partial charge in [0.05, 0.1) is 6.10 Å². The average molecular weight is 259 g/mol. The van der Waals surface area contributed by atoms with Gasteiger partial charge in [0.2, 0.25) is 0 Å². The van der Waals surface area contributed by atoms with Crippen LogP contribution in [0.1, 0.15) is 53.9 Å². The van der Waals surface area contributed by atoms with E-state index in [9.17, 15) is 9.90 Å². The molecule has 1 saturated carbocycles. The van der Waals surface area contributed by atoms with Gasteiger partial charge in [0, 0.05) is 18.7 Å². The molecular weight excluding hydrogens is 238 g/mol. The standard InChI is InChI=1S/C16H21NO2/c18-15-10-17(11-15)16(19)14-8-6-13(7-9-14)12-4-2-1-3-5-12/h6-9,12,15,18H,1-5,10-11H2. The number of β-amino-alcohol motifs (C(OH)–C–C–N with tert-alkyl or cyclic N) is 1. The van der Waals surface area contributed by atoms with E-state index in [2.05, 4.69) is 12.1 Å². The second kappa shape index (κ2) is 5.33. The van der Waals surface area contributed by atoms with Crippen LogP contribution < -0.4 is 0 Å². The molecule has 1 saturated heterocycles. The third kappa shape index (κ3) is 2.66. The number of likely N-dealkylation sites (tertiary alicyclic amines) is 1. The van der Waals surface area contributed by atoms with Gasteiger partial charge in [-0.3, -0.25) is 4.79 Å². The number of nitrogens with zero attached hydrogens (tertiary/aromatic N) is 1. The molecular formula is C16H21NO2. The van der Waals surface area contributed by atoms with E-state index in [1.807, 2.05) is 12.1 Å². The first-order chi connectivity index (χ1) is 9.24. The number of hydrogen-bond acceptors (Lipinski definition) is 2. The van der Waals surface area contributed by atoms with Crippen molar-refractivity contribution in [1.29, 1.82) is 0 Å². The van der Waals surface area contributed by atoms with Crippen LogP contribution in [0.2, 0.25) is 0 Å². The Labute approximate surface area is 114 Å². The van der Waals surface area contributed by atoms with E-state index in [0.717, 1.165) is 5.56 Å². The van der Waals surface area contributed by atoms with Gasteiger partial charge < -0.3 is 10.0 Å². The summed E-state index contributed by atoms with van der Waals surface area (Å²) in [5.74, 6) is 0.726. The highest BCUT2D eigenvalue weighted by atomic mass is 16.3. The summed E-state index contributed by atoms with van der Waals surface area (Å²) >= 11 is 0. The monoisotopic (exact) mass is 259 g/mol. The van der Waals surface area contributed by atoms with Gasteiger partial charge in [-0.1, -0.05) is 31.4 Å². The van der Waals surface area contributed by atoms with Crippen molar-refractivity contribution in [3.8, 4) is 0 Å². The van der Waals surface area contributed by atoms with Crippen LogP contribution in [0, 0.1) is 0 Å². The molecule has 1 N–H and O–H groups in total. The minimum Gasteiger partial charge on any atom is -0.389 e. The third-order valence-electron chi connectivity index (χ3n) is 4.38. The van der Waals surface area contributed by atoms with Gasteiger partial charge in [-0.05, 0) is 36.5 Å². The van der Waals surface area contributed by atoms with Gasteiger partial charge in [0.15, 0.2) is 0 Å². The first kappa shape index (κ1) is 12.7. The highest BCUT2D eigenvalue weighted by molar-refractivity contribution is 5.94. The summed E-state index contributed by atoms with van der Waals surface area (Å²) in [6.45, 7) is 0.951. The van der Waals surface area contributed by atoms with Crippen molar-refractivity contribution in [3.05, 3.63) is 35.4 Å². The molecule has 2 aliphatic rings. The summed E-state index contributed by atoms with van der Waals surface area (Å²) in [5, 5.41) is 9.23. The van der Waals surface area contributed by atoms with Gasteiger partial charge >= 0.3 is 0 Å². The van der Waals surface area contributed by atoms with Crippen molar-refractivity contribution >= 4 is 5.91 Å². The van der Waals surface area contributed by atoms with E-state index in [1.165, 1.54) is 37.7 Å². The van der Waals surface area contributed by atoms with Crippen LogP contribution in [0.15, 0.2) is 24.3 Å². The van der Waals surface area contributed by atoms with Gasteiger partial charge in [-0.15, -0.1) is 0 Å². The number of benzene rings is 1. The molecule has 0 spiro atoms. The third-order valence-corrected chi connectivity index (χ3v) is 4.38. The quantitative estimate of drug-likeness (QED) is 0.886. The van der Waals surface area contributed by atoms with Gasteiger partial charge in [0.25, 0.3) is 5.91 Å². The zero-order chi connectivity index (χ0) is 13.2. The number of carbonyl (C=O) groups excluding carboxylic acids is 1. The Morgan fingerprint density at radius 3 is 2.26 bits per heavy atom. The van der Waals surface area contributed by atoms with E-state index in [4.69, 9.17) is 0 Å². The molecule has 0 bridgehead atoms. The second-order valence-corrected chi connectivity index (χ2v) is 5.82. The van der Waals surface area contributed by atoms with Crippen molar-refractivity contribution in [2.24, 2.45) is 0 Å². The molecule has 1 aliphatic carbocycles. The topological polar surface area (TPSA) is 40.5 Å². The van der Waals surface area contributed by atoms with Crippen molar-refractivity contribution in [1.82, 2.24) is 4.90 Å². The van der Waals surface area contributed by atoms with Crippen LogP contribution >= 0.6 is 0 Å². The highest BCUT2D eigenvalue weighted by Gasteiger charge is 2.29. The Hall–Kier alpha value is -1.35. The Kier molecular flexibility index (Phi) is 3.56. The summed E-state index contributed by atoms with van der Waals surface area (Å²) in [6, 6.07) is 8.10. The summed E-state index contributed by atoms with van der Waals surface area (Å²) in [4.78, 5) is 13.8. The Balaban J connectivity index is 1.66. The zero-order valence-corrected chi connectivity index (χ0v) is 11.2. The van der Waals surface area contributed by atoms with E-state index >= 15 is 0 Å². The van der Waals surface area contributed by atoms with Crippen LogP contribution in [-0.2, 0) is 0 Å². The fraction of sp³-hybridized carbons (Fsp3) is 0.562. The number of aliphatic hydroxyl groups is 1. The zero-order valence-electron chi connectivity index (χ0n) is 11.2. The lowest BCUT2D eigenvalue weighted by molar-refractivity contribution is 0.00589. The second-order valence-electron chi connectivity index (χ2n) is 5.82. The highest BCUT2D eigenvalue weighted by Crippen LogP contribution is 2.32. The summed E-state index contributed by atoms with van der Waals surface area (Å²) in [5.41, 5.74) is 2.12. The van der Waals surface area contributed by atoms with Crippen LogP contribution in [-0.4, -0.2) is 35.1 Å². The molecule has 0 unspecified atom stereocenters. The molecule has 3 rings (SSSR count).